The molecule has 0 saturated heterocycles. The minimum atomic E-state index is -1.37. The van der Waals surface area contributed by atoms with Gasteiger partial charge in [0, 0.05) is 0 Å². The van der Waals surface area contributed by atoms with E-state index in [9.17, 15) is 4.39 Å². The standard InChI is InChI=1S/C12H18FN.C2H6/c1-11(2,14-4)12(3,13)10-8-6-5-7-9-10;1-2/h5-9,14H,1-4H3;1-2H3. The largest absolute Gasteiger partial charge is 0.312 e. The van der Waals surface area contributed by atoms with Crippen molar-refractivity contribution < 1.29 is 4.39 Å². The van der Waals surface area contributed by atoms with E-state index < -0.39 is 11.2 Å². The van der Waals surface area contributed by atoms with Gasteiger partial charge in [-0.25, -0.2) is 4.39 Å². The Morgan fingerprint density at radius 2 is 1.44 bits per heavy atom. The highest BCUT2D eigenvalue weighted by atomic mass is 19.1. The maximum atomic E-state index is 14.5. The molecule has 0 aromatic heterocycles. The molecule has 0 saturated carbocycles. The highest BCUT2D eigenvalue weighted by Gasteiger charge is 2.41. The van der Waals surface area contributed by atoms with Gasteiger partial charge in [0.15, 0.2) is 5.67 Å². The molecule has 0 heterocycles. The Hall–Kier alpha value is -0.890. The van der Waals surface area contributed by atoms with Crippen LogP contribution in [0.3, 0.4) is 0 Å². The molecule has 1 N–H and O–H groups in total. The molecule has 0 aliphatic heterocycles. The van der Waals surface area contributed by atoms with Crippen molar-refractivity contribution in [1.82, 2.24) is 5.32 Å². The maximum absolute atomic E-state index is 14.5. The molecule has 1 atom stereocenters. The molecule has 0 spiro atoms. The second-order valence-electron chi connectivity index (χ2n) is 4.24. The molecule has 0 amide bonds. The third kappa shape index (κ3) is 3.05. The third-order valence-electron chi connectivity index (χ3n) is 3.11. The Balaban J connectivity index is 0.00000106. The number of rotatable bonds is 3. The Labute approximate surface area is 99.1 Å². The zero-order valence-electron chi connectivity index (χ0n) is 11.3. The number of alkyl halides is 1. The monoisotopic (exact) mass is 225 g/mol. The summed E-state index contributed by atoms with van der Waals surface area (Å²) in [6.45, 7) is 9.33. The average Bonchev–Trinajstić information content (AvgIpc) is 2.32. The number of benzene rings is 1. The lowest BCUT2D eigenvalue weighted by molar-refractivity contribution is 0.0728. The van der Waals surface area contributed by atoms with Crippen molar-refractivity contribution in [3.8, 4) is 0 Å². The Kier molecular flexibility index (Phi) is 5.66. The number of hydrogen-bond acceptors (Lipinski definition) is 1. The summed E-state index contributed by atoms with van der Waals surface area (Å²) in [4.78, 5) is 0. The van der Waals surface area contributed by atoms with Gasteiger partial charge in [0.1, 0.15) is 0 Å². The normalized spacial score (nSPS) is 14.7. The van der Waals surface area contributed by atoms with Crippen LogP contribution in [0.5, 0.6) is 0 Å². The van der Waals surface area contributed by atoms with E-state index in [2.05, 4.69) is 5.32 Å². The Morgan fingerprint density at radius 3 is 1.81 bits per heavy atom. The predicted octanol–water partition coefficient (Wildman–Crippen LogP) is 3.90. The molecule has 0 aliphatic rings. The summed E-state index contributed by atoms with van der Waals surface area (Å²) in [6.07, 6.45) is 0. The molecule has 1 unspecified atom stereocenters. The van der Waals surface area contributed by atoms with E-state index in [1.54, 1.807) is 14.0 Å². The number of likely N-dealkylation sites (N-methyl/N-ethyl adjacent to an activating group) is 1. The highest BCUT2D eigenvalue weighted by Crippen LogP contribution is 2.35. The number of hydrogen-bond donors (Lipinski definition) is 1. The first kappa shape index (κ1) is 15.1. The van der Waals surface area contributed by atoms with Gasteiger partial charge in [-0.15, -0.1) is 0 Å². The SMILES string of the molecule is CC.CNC(C)(C)C(C)(F)c1ccccc1. The first-order chi connectivity index (χ1) is 7.42. The molecule has 92 valence electrons. The smallest absolute Gasteiger partial charge is 0.150 e. The van der Waals surface area contributed by atoms with Crippen molar-refractivity contribution in [3.05, 3.63) is 35.9 Å². The van der Waals surface area contributed by atoms with Crippen LogP contribution in [0.15, 0.2) is 30.3 Å². The molecule has 0 radical (unpaired) electrons. The van der Waals surface area contributed by atoms with Crippen molar-refractivity contribution in [2.75, 3.05) is 7.05 Å². The van der Waals surface area contributed by atoms with Crippen molar-refractivity contribution >= 4 is 0 Å². The van der Waals surface area contributed by atoms with Crippen LogP contribution in [0.25, 0.3) is 0 Å². The Bertz CT molecular complexity index is 291. The lowest BCUT2D eigenvalue weighted by atomic mass is 9.80. The van der Waals surface area contributed by atoms with Crippen LogP contribution in [0.1, 0.15) is 40.2 Å². The summed E-state index contributed by atoms with van der Waals surface area (Å²) < 4.78 is 14.5. The second kappa shape index (κ2) is 6.00. The fraction of sp³-hybridized carbons (Fsp3) is 0.571. The van der Waals surface area contributed by atoms with E-state index in [0.29, 0.717) is 5.56 Å². The highest BCUT2D eigenvalue weighted by molar-refractivity contribution is 5.25. The van der Waals surface area contributed by atoms with Crippen LogP contribution < -0.4 is 5.32 Å². The van der Waals surface area contributed by atoms with Crippen molar-refractivity contribution in [3.63, 3.8) is 0 Å². The predicted molar refractivity (Wildman–Crippen MR) is 69.4 cm³/mol. The molecule has 1 nitrogen and oxygen atoms in total. The van der Waals surface area contributed by atoms with Crippen molar-refractivity contribution in [2.24, 2.45) is 0 Å². The fourth-order valence-corrected chi connectivity index (χ4v) is 1.35. The molecule has 1 rings (SSSR count). The summed E-state index contributed by atoms with van der Waals surface area (Å²) in [7, 11) is 1.78. The molecule has 16 heavy (non-hydrogen) atoms. The van der Waals surface area contributed by atoms with Gasteiger partial charge in [-0.1, -0.05) is 44.2 Å². The molecule has 2 heteroatoms. The van der Waals surface area contributed by atoms with E-state index in [-0.39, 0.29) is 0 Å². The van der Waals surface area contributed by atoms with Gasteiger partial charge in [-0.2, -0.15) is 0 Å². The van der Waals surface area contributed by atoms with Crippen LogP contribution in [0, 0.1) is 0 Å². The minimum Gasteiger partial charge on any atom is -0.312 e. The van der Waals surface area contributed by atoms with Gasteiger partial charge in [0.05, 0.1) is 5.54 Å². The van der Waals surface area contributed by atoms with Crippen LogP contribution in [0.4, 0.5) is 4.39 Å². The summed E-state index contributed by atoms with van der Waals surface area (Å²) in [5.74, 6) is 0. The first-order valence-electron chi connectivity index (χ1n) is 5.85. The summed E-state index contributed by atoms with van der Waals surface area (Å²) >= 11 is 0. The summed E-state index contributed by atoms with van der Waals surface area (Å²) in [6, 6.07) is 9.25. The quantitative estimate of drug-likeness (QED) is 0.822. The van der Waals surface area contributed by atoms with Crippen LogP contribution >= 0.6 is 0 Å². The zero-order chi connectivity index (χ0) is 12.8. The maximum Gasteiger partial charge on any atom is 0.150 e. The van der Waals surface area contributed by atoms with E-state index >= 15 is 0 Å². The van der Waals surface area contributed by atoms with Crippen molar-refractivity contribution in [1.29, 1.82) is 0 Å². The Morgan fingerprint density at radius 1 is 1.00 bits per heavy atom. The van der Waals surface area contributed by atoms with Gasteiger partial charge in [-0.3, -0.25) is 0 Å². The van der Waals surface area contributed by atoms with E-state index in [4.69, 9.17) is 0 Å². The molecular weight excluding hydrogens is 201 g/mol. The average molecular weight is 225 g/mol. The first-order valence-corrected chi connectivity index (χ1v) is 5.85. The molecule has 1 aromatic rings. The van der Waals surface area contributed by atoms with Gasteiger partial charge in [-0.05, 0) is 33.4 Å². The lowest BCUT2D eigenvalue weighted by Gasteiger charge is -2.38. The molecule has 0 aliphatic carbocycles. The molecule has 1 aromatic carbocycles. The fourth-order valence-electron chi connectivity index (χ4n) is 1.35. The number of nitrogens with one attached hydrogen (secondary N) is 1. The molecule has 0 bridgehead atoms. The molecule has 0 fully saturated rings. The minimum absolute atomic E-state index is 0.575. The van der Waals surface area contributed by atoms with E-state index in [1.807, 2.05) is 58.0 Å². The van der Waals surface area contributed by atoms with Crippen molar-refractivity contribution in [2.45, 2.75) is 45.8 Å². The molecular formula is C14H24FN. The van der Waals surface area contributed by atoms with Gasteiger partial charge in [0.2, 0.25) is 0 Å². The van der Waals surface area contributed by atoms with Crippen LogP contribution in [-0.2, 0) is 5.67 Å². The third-order valence-corrected chi connectivity index (χ3v) is 3.11. The lowest BCUT2D eigenvalue weighted by Crippen LogP contribution is -2.51. The van der Waals surface area contributed by atoms with Crippen LogP contribution in [-0.4, -0.2) is 12.6 Å². The summed E-state index contributed by atoms with van der Waals surface area (Å²) in [5.41, 5.74) is -1.24. The van der Waals surface area contributed by atoms with Gasteiger partial charge < -0.3 is 5.32 Å². The van der Waals surface area contributed by atoms with Gasteiger partial charge >= 0.3 is 0 Å². The van der Waals surface area contributed by atoms with Crippen LogP contribution in [0.2, 0.25) is 0 Å². The zero-order valence-corrected chi connectivity index (χ0v) is 11.3. The number of halogens is 1. The topological polar surface area (TPSA) is 12.0 Å². The van der Waals surface area contributed by atoms with Gasteiger partial charge in [0.25, 0.3) is 0 Å². The van der Waals surface area contributed by atoms with E-state index in [0.717, 1.165) is 0 Å². The summed E-state index contributed by atoms with van der Waals surface area (Å²) in [5, 5.41) is 3.01. The second-order valence-corrected chi connectivity index (χ2v) is 4.24. The van der Waals surface area contributed by atoms with E-state index in [1.165, 1.54) is 0 Å².